The predicted octanol–water partition coefficient (Wildman–Crippen LogP) is 4.71. The van der Waals surface area contributed by atoms with Crippen molar-refractivity contribution in [3.63, 3.8) is 0 Å². The molecule has 1 N–H and O–H groups in total. The van der Waals surface area contributed by atoms with Crippen molar-refractivity contribution in [2.24, 2.45) is 0 Å². The number of carbonyl (C=O) groups is 2. The van der Waals surface area contributed by atoms with Crippen LogP contribution < -0.4 is 5.32 Å². The first-order valence-corrected chi connectivity index (χ1v) is 11.0. The Morgan fingerprint density at radius 3 is 2.12 bits per heavy atom. The number of hydrogen-bond acceptors (Lipinski definition) is 5. The number of rotatable bonds is 11. The molecule has 0 atom stereocenters. The Labute approximate surface area is 197 Å². The first kappa shape index (κ1) is 25.6. The number of para-hydroxylation sites is 1. The highest BCUT2D eigenvalue weighted by molar-refractivity contribution is 6.39. The van der Waals surface area contributed by atoms with Crippen LogP contribution in [0.15, 0.2) is 42.5 Å². The average Bonchev–Trinajstić information content (AvgIpc) is 2.78. The summed E-state index contributed by atoms with van der Waals surface area (Å²) in [6.45, 7) is 6.80. The highest BCUT2D eigenvalue weighted by Crippen LogP contribution is 2.29. The van der Waals surface area contributed by atoms with E-state index in [0.717, 1.165) is 19.6 Å². The molecule has 0 saturated heterocycles. The number of hydrogen-bond donors (Lipinski definition) is 1. The third-order valence-corrected chi connectivity index (χ3v) is 5.60. The van der Waals surface area contributed by atoms with Crippen LogP contribution in [0.2, 0.25) is 10.0 Å². The number of nitro benzene ring substituents is 1. The van der Waals surface area contributed by atoms with Gasteiger partial charge in [0, 0.05) is 24.2 Å². The minimum atomic E-state index is -0.531. The van der Waals surface area contributed by atoms with Gasteiger partial charge in [-0.3, -0.25) is 19.7 Å². The van der Waals surface area contributed by atoms with Crippen LogP contribution in [-0.4, -0.2) is 59.3 Å². The molecule has 0 aliphatic carbocycles. The molecule has 2 rings (SSSR count). The number of nitrogens with zero attached hydrogens (tertiary/aromatic N) is 3. The number of nitrogens with one attached hydrogen (secondary N) is 1. The van der Waals surface area contributed by atoms with Crippen LogP contribution in [0.1, 0.15) is 30.6 Å². The summed E-state index contributed by atoms with van der Waals surface area (Å²) in [5.74, 6) is -0.835. The van der Waals surface area contributed by atoms with Crippen molar-refractivity contribution in [2.75, 3.05) is 38.0 Å². The lowest BCUT2D eigenvalue weighted by Gasteiger charge is -2.25. The lowest BCUT2D eigenvalue weighted by Crippen LogP contribution is -2.40. The molecule has 32 heavy (non-hydrogen) atoms. The Kier molecular flexibility index (Phi) is 9.90. The molecule has 0 spiro atoms. The summed E-state index contributed by atoms with van der Waals surface area (Å²) in [6, 6.07) is 10.2. The van der Waals surface area contributed by atoms with Gasteiger partial charge < -0.3 is 15.1 Å². The van der Waals surface area contributed by atoms with E-state index in [4.69, 9.17) is 23.2 Å². The number of carbonyl (C=O) groups excluding carboxylic acids is 2. The fraction of sp³-hybridized carbons (Fsp3) is 0.364. The Balaban J connectivity index is 2.16. The molecule has 10 heteroatoms. The molecule has 8 nitrogen and oxygen atoms in total. The van der Waals surface area contributed by atoms with E-state index in [1.807, 2.05) is 0 Å². The van der Waals surface area contributed by atoms with Gasteiger partial charge in [0.25, 0.3) is 11.6 Å². The first-order chi connectivity index (χ1) is 15.3. The monoisotopic (exact) mass is 480 g/mol. The number of benzene rings is 2. The Hall–Kier alpha value is -2.68. The number of anilines is 1. The summed E-state index contributed by atoms with van der Waals surface area (Å²) in [6.07, 6.45) is 0.667. The summed E-state index contributed by atoms with van der Waals surface area (Å²) in [5.41, 5.74) is 0.439. The highest BCUT2D eigenvalue weighted by atomic mass is 35.5. The topological polar surface area (TPSA) is 95.8 Å². The Morgan fingerprint density at radius 1 is 1.00 bits per heavy atom. The van der Waals surface area contributed by atoms with Gasteiger partial charge in [0.2, 0.25) is 5.91 Å². The van der Waals surface area contributed by atoms with Gasteiger partial charge in [0.05, 0.1) is 20.7 Å². The van der Waals surface area contributed by atoms with Crippen LogP contribution in [0.3, 0.4) is 0 Å². The molecule has 172 valence electrons. The van der Waals surface area contributed by atoms with E-state index in [-0.39, 0.29) is 29.4 Å². The van der Waals surface area contributed by atoms with E-state index in [1.54, 1.807) is 18.2 Å². The molecular formula is C22H26Cl2N4O4. The second-order valence-corrected chi connectivity index (χ2v) is 7.87. The fourth-order valence-corrected chi connectivity index (χ4v) is 3.65. The van der Waals surface area contributed by atoms with Gasteiger partial charge in [-0.1, -0.05) is 43.1 Å². The number of non-ortho nitro benzene ring substituents is 1. The van der Waals surface area contributed by atoms with Gasteiger partial charge in [0.15, 0.2) is 0 Å². The SMILES string of the molecule is CCN(CC)CCCN(CC(=O)Nc1c(Cl)cccc1Cl)C(=O)c1ccc([N+](=O)[O-])cc1. The van der Waals surface area contributed by atoms with Gasteiger partial charge in [-0.05, 0) is 50.3 Å². The van der Waals surface area contributed by atoms with E-state index < -0.39 is 10.8 Å². The van der Waals surface area contributed by atoms with Crippen molar-refractivity contribution in [2.45, 2.75) is 20.3 Å². The molecule has 2 amide bonds. The molecule has 0 bridgehead atoms. The van der Waals surface area contributed by atoms with Crippen LogP contribution in [-0.2, 0) is 4.79 Å². The minimum Gasteiger partial charge on any atom is -0.329 e. The van der Waals surface area contributed by atoms with Gasteiger partial charge in [0.1, 0.15) is 6.54 Å². The highest BCUT2D eigenvalue weighted by Gasteiger charge is 2.21. The molecule has 0 radical (unpaired) electrons. The zero-order valence-corrected chi connectivity index (χ0v) is 19.5. The first-order valence-electron chi connectivity index (χ1n) is 10.3. The third-order valence-electron chi connectivity index (χ3n) is 4.97. The average molecular weight is 481 g/mol. The second kappa shape index (κ2) is 12.4. The van der Waals surface area contributed by atoms with Crippen molar-refractivity contribution in [3.05, 3.63) is 68.2 Å². The summed E-state index contributed by atoms with van der Waals surface area (Å²) in [7, 11) is 0. The zero-order chi connectivity index (χ0) is 23.7. The van der Waals surface area contributed by atoms with Crippen LogP contribution in [0.25, 0.3) is 0 Å². The van der Waals surface area contributed by atoms with Gasteiger partial charge in [-0.2, -0.15) is 0 Å². The van der Waals surface area contributed by atoms with Crippen molar-refractivity contribution in [3.8, 4) is 0 Å². The quantitative estimate of drug-likeness (QED) is 0.370. The van der Waals surface area contributed by atoms with Crippen LogP contribution in [0.4, 0.5) is 11.4 Å². The van der Waals surface area contributed by atoms with Crippen molar-refractivity contribution in [1.82, 2.24) is 9.80 Å². The van der Waals surface area contributed by atoms with Crippen molar-refractivity contribution < 1.29 is 14.5 Å². The standard InChI is InChI=1S/C22H26Cl2N4O4/c1-3-26(4-2)13-6-14-27(22(30)16-9-11-17(12-10-16)28(31)32)15-20(29)25-21-18(23)7-5-8-19(21)24/h5,7-12H,3-4,6,13-15H2,1-2H3,(H,25,29). The second-order valence-electron chi connectivity index (χ2n) is 7.06. The summed E-state index contributed by atoms with van der Waals surface area (Å²) < 4.78 is 0. The maximum Gasteiger partial charge on any atom is 0.269 e. The third kappa shape index (κ3) is 7.19. The number of amides is 2. The minimum absolute atomic E-state index is 0.110. The van der Waals surface area contributed by atoms with E-state index in [9.17, 15) is 19.7 Å². The largest absolute Gasteiger partial charge is 0.329 e. The van der Waals surface area contributed by atoms with E-state index in [0.29, 0.717) is 23.0 Å². The predicted molar refractivity (Wildman–Crippen MR) is 126 cm³/mol. The smallest absolute Gasteiger partial charge is 0.269 e. The van der Waals surface area contributed by atoms with E-state index >= 15 is 0 Å². The van der Waals surface area contributed by atoms with Crippen molar-refractivity contribution in [1.29, 1.82) is 0 Å². The zero-order valence-electron chi connectivity index (χ0n) is 18.0. The molecule has 0 aromatic heterocycles. The lowest BCUT2D eigenvalue weighted by atomic mass is 10.1. The normalized spacial score (nSPS) is 10.8. The lowest BCUT2D eigenvalue weighted by molar-refractivity contribution is -0.384. The summed E-state index contributed by atoms with van der Waals surface area (Å²) in [5, 5.41) is 14.1. The Morgan fingerprint density at radius 2 is 1.59 bits per heavy atom. The van der Waals surface area contributed by atoms with Crippen LogP contribution in [0.5, 0.6) is 0 Å². The van der Waals surface area contributed by atoms with Crippen LogP contribution in [0, 0.1) is 10.1 Å². The molecule has 0 heterocycles. The molecule has 0 saturated carbocycles. The molecular weight excluding hydrogens is 455 g/mol. The van der Waals surface area contributed by atoms with Gasteiger partial charge in [-0.25, -0.2) is 0 Å². The molecule has 0 fully saturated rings. The maximum absolute atomic E-state index is 13.1. The summed E-state index contributed by atoms with van der Waals surface area (Å²) >= 11 is 12.2. The number of halogens is 2. The summed E-state index contributed by atoms with van der Waals surface area (Å²) in [4.78, 5) is 39.8. The Bertz CT molecular complexity index is 929. The fourth-order valence-electron chi connectivity index (χ4n) is 3.16. The molecule has 2 aromatic carbocycles. The molecule has 0 aliphatic rings. The van der Waals surface area contributed by atoms with Crippen molar-refractivity contribution >= 4 is 46.4 Å². The number of nitro groups is 1. The van der Waals surface area contributed by atoms with E-state index in [2.05, 4.69) is 24.1 Å². The molecule has 0 unspecified atom stereocenters. The van der Waals surface area contributed by atoms with E-state index in [1.165, 1.54) is 29.2 Å². The van der Waals surface area contributed by atoms with Crippen LogP contribution >= 0.6 is 23.2 Å². The molecule has 0 aliphatic heterocycles. The van der Waals surface area contributed by atoms with Gasteiger partial charge in [-0.15, -0.1) is 0 Å². The maximum atomic E-state index is 13.1. The molecule has 2 aromatic rings. The van der Waals surface area contributed by atoms with Gasteiger partial charge >= 0.3 is 0 Å².